The van der Waals surface area contributed by atoms with Crippen LogP contribution in [0.5, 0.6) is 0 Å². The van der Waals surface area contributed by atoms with Crippen LogP contribution < -0.4 is 10.6 Å². The molecule has 0 saturated carbocycles. The fourth-order valence-electron chi connectivity index (χ4n) is 2.54. The Hall–Kier alpha value is -1.38. The van der Waals surface area contributed by atoms with Gasteiger partial charge in [0.2, 0.25) is 0 Å². The van der Waals surface area contributed by atoms with Crippen molar-refractivity contribution in [2.45, 2.75) is 46.0 Å². The summed E-state index contributed by atoms with van der Waals surface area (Å²) in [7, 11) is 0. The van der Waals surface area contributed by atoms with Gasteiger partial charge < -0.3 is 10.6 Å². The Bertz CT molecular complexity index is 502. The Morgan fingerprint density at radius 2 is 0.960 bits per heavy atom. The molecule has 0 spiro atoms. The van der Waals surface area contributed by atoms with Crippen molar-refractivity contribution >= 4 is 36.2 Å². The van der Waals surface area contributed by atoms with E-state index in [0.717, 1.165) is 19.5 Å². The lowest BCUT2D eigenvalue weighted by molar-refractivity contribution is 0.834. The molecule has 0 atom stereocenters. The molecule has 2 N–H and O–H groups in total. The summed E-state index contributed by atoms with van der Waals surface area (Å²) < 4.78 is 0. The molecule has 0 saturated heterocycles. The summed E-state index contributed by atoms with van der Waals surface area (Å²) in [5.74, 6) is 0. The molecule has 2 rings (SSSR count). The predicted octanol–water partition coefficient (Wildman–Crippen LogP) is 6.55. The first-order valence-electron chi connectivity index (χ1n) is 8.97. The van der Waals surface area contributed by atoms with Crippen LogP contribution >= 0.6 is 24.8 Å². The van der Waals surface area contributed by atoms with Crippen molar-refractivity contribution in [3.05, 3.63) is 59.7 Å². The van der Waals surface area contributed by atoms with Gasteiger partial charge in [-0.05, 0) is 54.7 Å². The van der Waals surface area contributed by atoms with Crippen LogP contribution in [0.3, 0.4) is 0 Å². The largest absolute Gasteiger partial charge is 0.385 e. The number of benzene rings is 2. The van der Waals surface area contributed by atoms with Gasteiger partial charge in [-0.15, -0.1) is 24.8 Å². The first-order chi connectivity index (χ1) is 11.3. The molecule has 25 heavy (non-hydrogen) atoms. The Morgan fingerprint density at radius 1 is 0.600 bits per heavy atom. The summed E-state index contributed by atoms with van der Waals surface area (Å²) in [6.45, 7) is 6.55. The fraction of sp³-hybridized carbons (Fsp3) is 0.429. The number of hydrogen-bond acceptors (Lipinski definition) is 2. The number of unbranched alkanes of at least 4 members (excludes halogenated alkanes) is 2. The van der Waals surface area contributed by atoms with E-state index >= 15 is 0 Å². The van der Waals surface area contributed by atoms with Crippen molar-refractivity contribution in [3.8, 4) is 0 Å². The second-order valence-electron chi connectivity index (χ2n) is 6.13. The van der Waals surface area contributed by atoms with Crippen molar-refractivity contribution in [2.75, 3.05) is 23.7 Å². The summed E-state index contributed by atoms with van der Waals surface area (Å²) >= 11 is 0. The van der Waals surface area contributed by atoms with Crippen LogP contribution in [0.25, 0.3) is 0 Å². The van der Waals surface area contributed by atoms with Gasteiger partial charge in [0, 0.05) is 24.5 Å². The van der Waals surface area contributed by atoms with Crippen LogP contribution in [0, 0.1) is 0 Å². The van der Waals surface area contributed by atoms with Crippen LogP contribution in [0.1, 0.15) is 50.7 Å². The van der Waals surface area contributed by atoms with Crippen LogP contribution in [0.4, 0.5) is 11.4 Å². The molecule has 140 valence electrons. The molecule has 0 aromatic heterocycles. The fourth-order valence-corrected chi connectivity index (χ4v) is 2.54. The third-order valence-corrected chi connectivity index (χ3v) is 4.04. The van der Waals surface area contributed by atoms with Gasteiger partial charge in [-0.25, -0.2) is 0 Å². The minimum Gasteiger partial charge on any atom is -0.385 e. The highest BCUT2D eigenvalue weighted by Crippen LogP contribution is 2.16. The Balaban J connectivity index is 0.00000288. The second-order valence-corrected chi connectivity index (χ2v) is 6.13. The summed E-state index contributed by atoms with van der Waals surface area (Å²) in [4.78, 5) is 0. The first-order valence-corrected chi connectivity index (χ1v) is 8.97. The maximum Gasteiger partial charge on any atom is 0.0340 e. The van der Waals surface area contributed by atoms with Gasteiger partial charge in [0.05, 0.1) is 0 Å². The van der Waals surface area contributed by atoms with Crippen molar-refractivity contribution in [2.24, 2.45) is 0 Å². The van der Waals surface area contributed by atoms with E-state index in [-0.39, 0.29) is 24.8 Å². The van der Waals surface area contributed by atoms with Gasteiger partial charge in [-0.3, -0.25) is 0 Å². The van der Waals surface area contributed by atoms with Crippen LogP contribution in [0.15, 0.2) is 48.5 Å². The molecular weight excluding hydrogens is 351 g/mol. The first kappa shape index (κ1) is 23.6. The molecule has 0 fully saturated rings. The van der Waals surface area contributed by atoms with E-state index in [0.29, 0.717) is 0 Å². The molecule has 0 aliphatic carbocycles. The number of halogens is 2. The van der Waals surface area contributed by atoms with E-state index in [1.807, 2.05) is 0 Å². The highest BCUT2D eigenvalue weighted by molar-refractivity contribution is 5.85. The lowest BCUT2D eigenvalue weighted by atomic mass is 10.0. The van der Waals surface area contributed by atoms with Gasteiger partial charge in [-0.1, -0.05) is 51.0 Å². The monoisotopic (exact) mass is 382 g/mol. The van der Waals surface area contributed by atoms with Gasteiger partial charge in [0.25, 0.3) is 0 Å². The average molecular weight is 383 g/mol. The molecule has 4 heteroatoms. The lowest BCUT2D eigenvalue weighted by Crippen LogP contribution is -2.01. The molecular formula is C21H32Cl2N2. The topological polar surface area (TPSA) is 24.1 Å². The molecule has 0 aliphatic heterocycles. The van der Waals surface area contributed by atoms with E-state index in [4.69, 9.17) is 0 Å². The maximum atomic E-state index is 3.46. The van der Waals surface area contributed by atoms with Gasteiger partial charge in [-0.2, -0.15) is 0 Å². The van der Waals surface area contributed by atoms with E-state index in [1.165, 1.54) is 48.2 Å². The number of hydrogen-bond donors (Lipinski definition) is 2. The molecule has 0 amide bonds. The third-order valence-electron chi connectivity index (χ3n) is 4.04. The van der Waals surface area contributed by atoms with Crippen LogP contribution in [-0.2, 0) is 6.42 Å². The summed E-state index contributed by atoms with van der Waals surface area (Å²) in [5.41, 5.74) is 5.16. The highest BCUT2D eigenvalue weighted by Gasteiger charge is 1.98. The van der Waals surface area contributed by atoms with E-state index in [9.17, 15) is 0 Å². The van der Waals surface area contributed by atoms with Crippen molar-refractivity contribution < 1.29 is 0 Å². The number of rotatable bonds is 10. The Labute approximate surface area is 165 Å². The van der Waals surface area contributed by atoms with Crippen molar-refractivity contribution in [1.82, 2.24) is 0 Å². The second kappa shape index (κ2) is 13.9. The quantitative estimate of drug-likeness (QED) is 0.455. The molecule has 0 heterocycles. The van der Waals surface area contributed by atoms with Crippen molar-refractivity contribution in [3.63, 3.8) is 0 Å². The minimum atomic E-state index is 0. The lowest BCUT2D eigenvalue weighted by Gasteiger charge is -2.09. The van der Waals surface area contributed by atoms with E-state index in [2.05, 4.69) is 73.0 Å². The zero-order valence-electron chi connectivity index (χ0n) is 15.4. The Morgan fingerprint density at radius 3 is 1.28 bits per heavy atom. The highest BCUT2D eigenvalue weighted by atomic mass is 35.5. The predicted molar refractivity (Wildman–Crippen MR) is 117 cm³/mol. The standard InChI is InChI=1S/C21H30N2.2ClH/c1-3-5-15-22-20-11-7-18(8-12-20)17-19-9-13-21(14-10-19)23-16-6-4-2;;/h7-14,22-23H,3-6,15-17H2,1-2H3;2*1H. The average Bonchev–Trinajstić information content (AvgIpc) is 2.58. The van der Waals surface area contributed by atoms with Gasteiger partial charge in [0.1, 0.15) is 0 Å². The van der Waals surface area contributed by atoms with E-state index in [1.54, 1.807) is 0 Å². The van der Waals surface area contributed by atoms with Crippen LogP contribution in [0.2, 0.25) is 0 Å². The van der Waals surface area contributed by atoms with Crippen LogP contribution in [-0.4, -0.2) is 13.1 Å². The number of anilines is 2. The van der Waals surface area contributed by atoms with Crippen molar-refractivity contribution in [1.29, 1.82) is 0 Å². The Kier molecular flexibility index (Phi) is 13.1. The van der Waals surface area contributed by atoms with Gasteiger partial charge >= 0.3 is 0 Å². The minimum absolute atomic E-state index is 0. The maximum absolute atomic E-state index is 3.46. The van der Waals surface area contributed by atoms with Gasteiger partial charge in [0.15, 0.2) is 0 Å². The zero-order chi connectivity index (χ0) is 16.3. The SMILES string of the molecule is CCCCNc1ccc(Cc2ccc(NCCCC)cc2)cc1.Cl.Cl. The zero-order valence-corrected chi connectivity index (χ0v) is 17.0. The number of nitrogens with one attached hydrogen (secondary N) is 2. The summed E-state index contributed by atoms with van der Waals surface area (Å²) in [5, 5.41) is 6.92. The third kappa shape index (κ3) is 9.04. The normalized spacial score (nSPS) is 9.68. The summed E-state index contributed by atoms with van der Waals surface area (Å²) in [6, 6.07) is 17.6. The summed E-state index contributed by atoms with van der Waals surface area (Å²) in [6.07, 6.45) is 5.90. The molecule has 2 nitrogen and oxygen atoms in total. The smallest absolute Gasteiger partial charge is 0.0340 e. The molecule has 0 aliphatic rings. The molecule has 0 radical (unpaired) electrons. The molecule has 2 aromatic rings. The molecule has 0 unspecified atom stereocenters. The van der Waals surface area contributed by atoms with E-state index < -0.39 is 0 Å². The molecule has 2 aromatic carbocycles. The molecule has 0 bridgehead atoms.